The highest BCUT2D eigenvalue weighted by molar-refractivity contribution is 8.00. The molecule has 10 heteroatoms. The summed E-state index contributed by atoms with van der Waals surface area (Å²) in [5, 5.41) is 17.0. The molecule has 182 valence electrons. The Morgan fingerprint density at radius 2 is 1.92 bits per heavy atom. The smallest absolute Gasteiger partial charge is 0.302 e. The van der Waals surface area contributed by atoms with Gasteiger partial charge in [-0.1, -0.05) is 54.2 Å². The molecule has 0 aliphatic heterocycles. The van der Waals surface area contributed by atoms with E-state index in [-0.39, 0.29) is 17.5 Å². The van der Waals surface area contributed by atoms with E-state index in [1.807, 2.05) is 60.7 Å². The summed E-state index contributed by atoms with van der Waals surface area (Å²) >= 11 is 1.19. The molecule has 0 atom stereocenters. The molecule has 0 spiro atoms. The zero-order valence-corrected chi connectivity index (χ0v) is 20.6. The molecule has 0 fully saturated rings. The van der Waals surface area contributed by atoms with Crippen molar-refractivity contribution in [1.82, 2.24) is 10.3 Å². The van der Waals surface area contributed by atoms with Crippen LogP contribution < -0.4 is 14.7 Å². The molecule has 0 saturated heterocycles. The van der Waals surface area contributed by atoms with Gasteiger partial charge in [-0.2, -0.15) is 5.26 Å². The third kappa shape index (κ3) is 6.07. The number of amides is 1. The Bertz CT molecular complexity index is 1370. The largest absolute Gasteiger partial charge is 0.497 e. The first kappa shape index (κ1) is 24.9. The van der Waals surface area contributed by atoms with Crippen LogP contribution in [0.1, 0.15) is 5.56 Å². The summed E-state index contributed by atoms with van der Waals surface area (Å²) in [6.45, 7) is 0.970. The van der Waals surface area contributed by atoms with E-state index in [1.165, 1.54) is 16.4 Å². The minimum atomic E-state index is -0.308. The third-order valence-electron chi connectivity index (χ3n) is 5.21. The van der Waals surface area contributed by atoms with E-state index in [9.17, 15) is 10.1 Å². The quantitative estimate of drug-likeness (QED) is 0.256. The fourth-order valence-corrected chi connectivity index (χ4v) is 4.22. The fraction of sp³-hybridized carbons (Fsp3) is 0.192. The summed E-state index contributed by atoms with van der Waals surface area (Å²) in [6.07, 6.45) is 1.58. The molecule has 4 rings (SSSR count). The predicted octanol–water partition coefficient (Wildman–Crippen LogP) is 3.95. The number of hydrogen-bond donors (Lipinski definition) is 1. The van der Waals surface area contributed by atoms with Crippen LogP contribution in [0.25, 0.3) is 22.4 Å². The Balaban J connectivity index is 1.60. The number of carbonyl (C=O) groups excluding carboxylic acids is 1. The lowest BCUT2D eigenvalue weighted by atomic mass is 9.99. The Kier molecular flexibility index (Phi) is 8.28. The minimum absolute atomic E-state index is 0.0285. The van der Waals surface area contributed by atoms with Crippen molar-refractivity contribution < 1.29 is 23.5 Å². The zero-order chi connectivity index (χ0) is 25.3. The van der Waals surface area contributed by atoms with Crippen molar-refractivity contribution in [3.63, 3.8) is 0 Å². The van der Waals surface area contributed by atoms with E-state index >= 15 is 0 Å². The Labute approximate surface area is 212 Å². The summed E-state index contributed by atoms with van der Waals surface area (Å²) in [5.74, 6) is 0.664. The number of ether oxygens (including phenoxy) is 2. The van der Waals surface area contributed by atoms with Gasteiger partial charge in [-0.05, 0) is 28.4 Å². The number of pyridine rings is 1. The van der Waals surface area contributed by atoms with Gasteiger partial charge >= 0.3 is 5.88 Å². The highest BCUT2D eigenvalue weighted by Gasteiger charge is 2.19. The van der Waals surface area contributed by atoms with Crippen molar-refractivity contribution in [3.05, 3.63) is 72.4 Å². The van der Waals surface area contributed by atoms with Crippen LogP contribution in [-0.4, -0.2) is 42.7 Å². The van der Waals surface area contributed by atoms with Gasteiger partial charge in [-0.15, -0.1) is 0 Å². The zero-order valence-electron chi connectivity index (χ0n) is 19.8. The summed E-state index contributed by atoms with van der Waals surface area (Å²) in [5.41, 5.74) is 3.59. The molecule has 0 unspecified atom stereocenters. The van der Waals surface area contributed by atoms with Gasteiger partial charge in [-0.3, -0.25) is 14.6 Å². The fourth-order valence-electron chi connectivity index (χ4n) is 3.42. The summed E-state index contributed by atoms with van der Waals surface area (Å²) in [4.78, 5) is 17.3. The first-order chi connectivity index (χ1) is 17.6. The molecule has 9 nitrogen and oxygen atoms in total. The van der Waals surface area contributed by atoms with Gasteiger partial charge in [0.2, 0.25) is 17.7 Å². The molecular formula is C26H24N5O4S+. The molecule has 2 aromatic heterocycles. The van der Waals surface area contributed by atoms with Crippen LogP contribution in [0, 0.1) is 11.3 Å². The van der Waals surface area contributed by atoms with E-state index in [1.54, 1.807) is 20.4 Å². The second kappa shape index (κ2) is 12.0. The number of carbonyl (C=O) groups is 1. The van der Waals surface area contributed by atoms with Crippen LogP contribution in [0.5, 0.6) is 5.75 Å². The van der Waals surface area contributed by atoms with E-state index in [0.29, 0.717) is 29.4 Å². The Hall–Kier alpha value is -4.20. The number of nitrogens with zero attached hydrogens (tertiary/aromatic N) is 4. The molecule has 4 aromatic rings. The van der Waals surface area contributed by atoms with Crippen LogP contribution >= 0.6 is 11.8 Å². The van der Waals surface area contributed by atoms with Gasteiger partial charge < -0.3 is 9.47 Å². The normalized spacial score (nSPS) is 10.6. The third-order valence-corrected chi connectivity index (χ3v) is 6.18. The topological polar surface area (TPSA) is 114 Å². The van der Waals surface area contributed by atoms with E-state index in [0.717, 1.165) is 22.4 Å². The second-order valence-corrected chi connectivity index (χ2v) is 8.56. The van der Waals surface area contributed by atoms with Crippen molar-refractivity contribution in [3.8, 4) is 34.2 Å². The number of rotatable bonds is 10. The molecule has 1 amide bonds. The lowest BCUT2D eigenvalue weighted by Gasteiger charge is -2.13. The summed E-state index contributed by atoms with van der Waals surface area (Å²) in [7, 11) is 3.20. The molecule has 1 N–H and O–H groups in total. The lowest BCUT2D eigenvalue weighted by molar-refractivity contribution is -0.763. The van der Waals surface area contributed by atoms with Crippen LogP contribution in [-0.2, 0) is 16.1 Å². The van der Waals surface area contributed by atoms with Crippen molar-refractivity contribution >= 4 is 23.6 Å². The van der Waals surface area contributed by atoms with Gasteiger partial charge in [0, 0.05) is 18.2 Å². The van der Waals surface area contributed by atoms with Crippen molar-refractivity contribution in [1.29, 1.82) is 5.26 Å². The second-order valence-electron chi connectivity index (χ2n) is 7.60. The molecule has 0 radical (unpaired) electrons. The number of anilines is 1. The van der Waals surface area contributed by atoms with Crippen molar-refractivity contribution in [2.45, 2.75) is 11.6 Å². The Morgan fingerprint density at radius 1 is 1.14 bits per heavy atom. The van der Waals surface area contributed by atoms with Crippen LogP contribution in [0.15, 0.2) is 76.4 Å². The predicted molar refractivity (Wildman–Crippen MR) is 134 cm³/mol. The average molecular weight is 503 g/mol. The highest BCUT2D eigenvalue weighted by atomic mass is 32.2. The maximum atomic E-state index is 12.6. The van der Waals surface area contributed by atoms with Gasteiger partial charge in [0.05, 0.1) is 24.1 Å². The first-order valence-corrected chi connectivity index (χ1v) is 12.0. The molecule has 0 aliphatic carbocycles. The molecule has 36 heavy (non-hydrogen) atoms. The molecule has 0 bridgehead atoms. The van der Waals surface area contributed by atoms with Gasteiger partial charge in [0.15, 0.2) is 0 Å². The minimum Gasteiger partial charge on any atom is -0.497 e. The number of aromatic nitrogens is 3. The van der Waals surface area contributed by atoms with Gasteiger partial charge in [0.1, 0.15) is 23.5 Å². The van der Waals surface area contributed by atoms with Crippen LogP contribution in [0.4, 0.5) is 5.88 Å². The van der Waals surface area contributed by atoms with Gasteiger partial charge in [0.25, 0.3) is 6.20 Å². The average Bonchev–Trinajstić information content (AvgIpc) is 3.37. The van der Waals surface area contributed by atoms with Crippen molar-refractivity contribution in [2.75, 3.05) is 31.9 Å². The summed E-state index contributed by atoms with van der Waals surface area (Å²) in [6, 6.07) is 21.3. The van der Waals surface area contributed by atoms with E-state index in [2.05, 4.69) is 16.7 Å². The number of benzene rings is 2. The summed E-state index contributed by atoms with van der Waals surface area (Å²) < 4.78 is 16.9. The first-order valence-electron chi connectivity index (χ1n) is 11.0. The number of methoxy groups -OCH3 is 2. The number of nitriles is 1. The van der Waals surface area contributed by atoms with Crippen LogP contribution in [0.2, 0.25) is 0 Å². The van der Waals surface area contributed by atoms with E-state index < -0.39 is 0 Å². The van der Waals surface area contributed by atoms with Gasteiger partial charge in [-0.25, -0.2) is 4.98 Å². The molecule has 2 aromatic carbocycles. The molecule has 0 aliphatic rings. The highest BCUT2D eigenvalue weighted by Crippen LogP contribution is 2.34. The lowest BCUT2D eigenvalue weighted by Crippen LogP contribution is -2.36. The number of thioether (sulfide) groups is 1. The SMILES string of the molecule is COCC[n+]1cc(NC(=O)CSc2nc(-c3ccccc3)cc(-c3ccc(OC)cc3)c2C#N)on1. The monoisotopic (exact) mass is 502 g/mol. The molecule has 2 heterocycles. The maximum Gasteiger partial charge on any atom is 0.302 e. The van der Waals surface area contributed by atoms with E-state index in [4.69, 9.17) is 19.0 Å². The number of nitrogens with one attached hydrogen (secondary N) is 1. The standard InChI is InChI=1S/C26H23N5O4S/c1-33-13-12-31-16-25(35-30-31)29-24(32)17-36-26-22(15-27)21(18-8-10-20(34-2)11-9-18)14-23(28-26)19-6-4-3-5-7-19/h3-11,14,16H,12-13,17H2,1-2H3/p+1. The van der Waals surface area contributed by atoms with Crippen molar-refractivity contribution in [2.24, 2.45) is 0 Å². The van der Waals surface area contributed by atoms with Crippen LogP contribution in [0.3, 0.4) is 0 Å². The Morgan fingerprint density at radius 3 is 2.61 bits per heavy atom. The number of hydrogen-bond acceptors (Lipinski definition) is 8. The molecule has 0 saturated carbocycles. The maximum absolute atomic E-state index is 12.6. The molecular weight excluding hydrogens is 478 g/mol.